The normalized spacial score (nSPS) is 14.1. The maximum Gasteiger partial charge on any atom is 0.326 e. The van der Waals surface area contributed by atoms with Crippen molar-refractivity contribution in [3.05, 3.63) is 29.8 Å². The Labute approximate surface area is 202 Å². The molecule has 3 amide bonds. The third kappa shape index (κ3) is 10.8. The number of carbonyl (C=O) groups is 5. The van der Waals surface area contributed by atoms with E-state index in [1.165, 1.54) is 31.2 Å². The van der Waals surface area contributed by atoms with E-state index in [0.717, 1.165) is 0 Å². The van der Waals surface area contributed by atoms with Gasteiger partial charge >= 0.3 is 11.9 Å². The lowest BCUT2D eigenvalue weighted by atomic mass is 10.0. The van der Waals surface area contributed by atoms with Crippen LogP contribution in [0, 0.1) is 0 Å². The highest BCUT2D eigenvalue weighted by molar-refractivity contribution is 5.94. The minimum absolute atomic E-state index is 0.0234. The number of phenols is 1. The first-order valence-electron chi connectivity index (χ1n) is 11.0. The summed E-state index contributed by atoms with van der Waals surface area (Å²) in [5, 5.41) is 34.8. The topological polar surface area (TPSA) is 234 Å². The molecule has 0 fully saturated rings. The van der Waals surface area contributed by atoms with Gasteiger partial charge in [0.15, 0.2) is 0 Å². The third-order valence-corrected chi connectivity index (χ3v) is 5.00. The number of carboxylic acids is 2. The summed E-state index contributed by atoms with van der Waals surface area (Å²) in [6, 6.07) is 0.788. The first-order chi connectivity index (χ1) is 16.4. The highest BCUT2D eigenvalue weighted by atomic mass is 16.4. The molecule has 4 unspecified atom stereocenters. The van der Waals surface area contributed by atoms with E-state index < -0.39 is 60.2 Å². The van der Waals surface area contributed by atoms with E-state index in [0.29, 0.717) is 24.9 Å². The minimum atomic E-state index is -1.72. The van der Waals surface area contributed by atoms with Gasteiger partial charge in [0.2, 0.25) is 17.7 Å². The molecule has 1 rings (SSSR count). The van der Waals surface area contributed by atoms with Gasteiger partial charge < -0.3 is 42.7 Å². The second-order valence-electron chi connectivity index (χ2n) is 8.06. The van der Waals surface area contributed by atoms with E-state index in [4.69, 9.17) is 16.6 Å². The fraction of sp³-hybridized carbons (Fsp3) is 0.500. The summed E-state index contributed by atoms with van der Waals surface area (Å²) in [4.78, 5) is 60.4. The number of phenolic OH excluding ortho intramolecular Hbond substituents is 1. The lowest BCUT2D eigenvalue weighted by Gasteiger charge is -2.25. The molecular formula is C22H33N5O8. The molecule has 1 aromatic rings. The van der Waals surface area contributed by atoms with Crippen LogP contribution >= 0.6 is 0 Å². The van der Waals surface area contributed by atoms with Crippen LogP contribution in [-0.4, -0.2) is 75.7 Å². The molecule has 0 heterocycles. The lowest BCUT2D eigenvalue weighted by molar-refractivity contribution is -0.147. The Kier molecular flexibility index (Phi) is 12.2. The monoisotopic (exact) mass is 495 g/mol. The maximum absolute atomic E-state index is 13.0. The number of aliphatic carboxylic acids is 2. The zero-order chi connectivity index (χ0) is 26.5. The molecule has 0 bridgehead atoms. The van der Waals surface area contributed by atoms with Gasteiger partial charge in [-0.15, -0.1) is 0 Å². The van der Waals surface area contributed by atoms with Gasteiger partial charge in [-0.25, -0.2) is 4.79 Å². The number of nitrogens with one attached hydrogen (secondary N) is 3. The molecular weight excluding hydrogens is 462 g/mol. The van der Waals surface area contributed by atoms with Crippen molar-refractivity contribution in [2.75, 3.05) is 6.54 Å². The molecule has 0 saturated carbocycles. The van der Waals surface area contributed by atoms with E-state index in [1.807, 2.05) is 0 Å². The summed E-state index contributed by atoms with van der Waals surface area (Å²) in [6.07, 6.45) is 0.333. The molecule has 4 atom stereocenters. The number of carboxylic acid groups (broad SMARTS) is 2. The van der Waals surface area contributed by atoms with Crippen LogP contribution < -0.4 is 27.4 Å². The van der Waals surface area contributed by atoms with Crippen LogP contribution in [0.1, 0.15) is 38.2 Å². The smallest absolute Gasteiger partial charge is 0.326 e. The molecule has 13 heteroatoms. The van der Waals surface area contributed by atoms with Crippen LogP contribution in [0.5, 0.6) is 5.75 Å². The molecule has 0 aliphatic carbocycles. The van der Waals surface area contributed by atoms with Crippen LogP contribution in [0.25, 0.3) is 0 Å². The number of amides is 3. The molecule has 35 heavy (non-hydrogen) atoms. The Morgan fingerprint density at radius 1 is 0.857 bits per heavy atom. The number of nitrogens with two attached hydrogens (primary N) is 2. The molecule has 10 N–H and O–H groups in total. The van der Waals surface area contributed by atoms with Crippen LogP contribution in [0.4, 0.5) is 0 Å². The highest BCUT2D eigenvalue weighted by Crippen LogP contribution is 2.12. The third-order valence-electron chi connectivity index (χ3n) is 5.00. The molecule has 0 saturated heterocycles. The van der Waals surface area contributed by atoms with Gasteiger partial charge in [-0.1, -0.05) is 12.1 Å². The van der Waals surface area contributed by atoms with Crippen molar-refractivity contribution in [1.29, 1.82) is 0 Å². The second kappa shape index (κ2) is 14.5. The number of rotatable bonds is 15. The molecule has 0 aliphatic rings. The van der Waals surface area contributed by atoms with Crippen LogP contribution in [0.2, 0.25) is 0 Å². The zero-order valence-electron chi connectivity index (χ0n) is 19.4. The van der Waals surface area contributed by atoms with Crippen molar-refractivity contribution >= 4 is 29.7 Å². The van der Waals surface area contributed by atoms with Gasteiger partial charge in [0.05, 0.1) is 12.5 Å². The largest absolute Gasteiger partial charge is 0.508 e. The summed E-state index contributed by atoms with van der Waals surface area (Å²) < 4.78 is 0. The summed E-state index contributed by atoms with van der Waals surface area (Å²) in [5.41, 5.74) is 11.6. The van der Waals surface area contributed by atoms with E-state index in [-0.39, 0.29) is 18.6 Å². The molecule has 1 aromatic carbocycles. The Hall–Kier alpha value is -3.71. The summed E-state index contributed by atoms with van der Waals surface area (Å²) in [6.45, 7) is 1.82. The molecule has 194 valence electrons. The van der Waals surface area contributed by atoms with Crippen molar-refractivity contribution in [2.24, 2.45) is 11.5 Å². The highest BCUT2D eigenvalue weighted by Gasteiger charge is 2.31. The Morgan fingerprint density at radius 3 is 1.91 bits per heavy atom. The lowest BCUT2D eigenvalue weighted by Crippen LogP contribution is -2.57. The van der Waals surface area contributed by atoms with Crippen molar-refractivity contribution in [3.63, 3.8) is 0 Å². The van der Waals surface area contributed by atoms with Gasteiger partial charge in [-0.05, 0) is 50.4 Å². The standard InChI is InChI=1S/C22H33N5O8/c1-12(24)19(31)25-15(4-2-3-9-23)20(32)26-16(10-13-5-7-14(28)8-6-13)21(33)27-17(22(34)35)11-18(29)30/h5-8,12,15-17,28H,2-4,9-11,23-24H2,1H3,(H,25,31)(H,26,32)(H,27,33)(H,29,30)(H,34,35). The van der Waals surface area contributed by atoms with Crippen LogP contribution in [-0.2, 0) is 30.4 Å². The number of hydrogen-bond donors (Lipinski definition) is 8. The SMILES string of the molecule is CC(N)C(=O)NC(CCCCN)C(=O)NC(Cc1ccc(O)cc1)C(=O)NC(CC(=O)O)C(=O)O. The van der Waals surface area contributed by atoms with E-state index >= 15 is 0 Å². The Morgan fingerprint density at radius 2 is 1.40 bits per heavy atom. The molecule has 0 spiro atoms. The number of hydrogen-bond acceptors (Lipinski definition) is 8. The van der Waals surface area contributed by atoms with Crippen LogP contribution in [0.15, 0.2) is 24.3 Å². The fourth-order valence-corrected chi connectivity index (χ4v) is 3.06. The van der Waals surface area contributed by atoms with E-state index in [2.05, 4.69) is 16.0 Å². The van der Waals surface area contributed by atoms with Gasteiger partial charge in [0.1, 0.15) is 23.9 Å². The number of unbranched alkanes of at least 4 members (excludes halogenated alkanes) is 1. The van der Waals surface area contributed by atoms with Gasteiger partial charge in [-0.2, -0.15) is 0 Å². The van der Waals surface area contributed by atoms with Crippen LogP contribution in [0.3, 0.4) is 0 Å². The van der Waals surface area contributed by atoms with Crippen molar-refractivity contribution in [2.45, 2.75) is 63.2 Å². The molecule has 0 radical (unpaired) electrons. The summed E-state index contributed by atoms with van der Waals surface area (Å²) >= 11 is 0. The Bertz CT molecular complexity index is 890. The molecule has 13 nitrogen and oxygen atoms in total. The van der Waals surface area contributed by atoms with Crippen molar-refractivity contribution in [1.82, 2.24) is 16.0 Å². The average Bonchev–Trinajstić information content (AvgIpc) is 2.78. The van der Waals surface area contributed by atoms with E-state index in [9.17, 15) is 34.2 Å². The number of aromatic hydroxyl groups is 1. The van der Waals surface area contributed by atoms with Gasteiger partial charge in [0.25, 0.3) is 0 Å². The average molecular weight is 496 g/mol. The first kappa shape index (κ1) is 29.3. The first-order valence-corrected chi connectivity index (χ1v) is 11.0. The second-order valence-corrected chi connectivity index (χ2v) is 8.06. The minimum Gasteiger partial charge on any atom is -0.508 e. The fourth-order valence-electron chi connectivity index (χ4n) is 3.06. The Balaban J connectivity index is 3.13. The molecule has 0 aliphatic heterocycles. The van der Waals surface area contributed by atoms with Crippen molar-refractivity contribution < 1.29 is 39.3 Å². The predicted octanol–water partition coefficient (Wildman–Crippen LogP) is -1.58. The summed E-state index contributed by atoms with van der Waals surface area (Å²) in [7, 11) is 0. The van der Waals surface area contributed by atoms with Crippen molar-refractivity contribution in [3.8, 4) is 5.75 Å². The predicted molar refractivity (Wildman–Crippen MR) is 124 cm³/mol. The summed E-state index contributed by atoms with van der Waals surface area (Å²) in [5.74, 6) is -5.23. The number of carbonyl (C=O) groups excluding carboxylic acids is 3. The number of benzene rings is 1. The molecule has 0 aromatic heterocycles. The zero-order valence-corrected chi connectivity index (χ0v) is 19.4. The maximum atomic E-state index is 13.0. The quantitative estimate of drug-likeness (QED) is 0.130. The van der Waals surface area contributed by atoms with Gasteiger partial charge in [0, 0.05) is 6.42 Å². The van der Waals surface area contributed by atoms with E-state index in [1.54, 1.807) is 0 Å². The van der Waals surface area contributed by atoms with Gasteiger partial charge in [-0.3, -0.25) is 19.2 Å².